The molecule has 0 saturated carbocycles. The maximum Gasteiger partial charge on any atom is 0.137 e. The van der Waals surface area contributed by atoms with E-state index < -0.39 is 10.8 Å². The SMILES string of the molecule is Cc1c(Cl)ncnc1N1CCS(=O)CC1. The van der Waals surface area contributed by atoms with Gasteiger partial charge in [0, 0.05) is 41.0 Å². The zero-order valence-electron chi connectivity index (χ0n) is 8.44. The van der Waals surface area contributed by atoms with E-state index in [9.17, 15) is 4.21 Å². The third-order valence-corrected chi connectivity index (χ3v) is 4.13. The number of rotatable bonds is 1. The molecule has 0 bridgehead atoms. The van der Waals surface area contributed by atoms with Crippen molar-refractivity contribution in [3.63, 3.8) is 0 Å². The Balaban J connectivity index is 2.22. The van der Waals surface area contributed by atoms with Crippen molar-refractivity contribution in [2.24, 2.45) is 0 Å². The van der Waals surface area contributed by atoms with Crippen LogP contribution in [0.15, 0.2) is 6.33 Å². The highest BCUT2D eigenvalue weighted by Gasteiger charge is 2.18. The molecule has 6 heteroatoms. The molecule has 1 aliphatic heterocycles. The van der Waals surface area contributed by atoms with Crippen LogP contribution in [-0.2, 0) is 10.8 Å². The van der Waals surface area contributed by atoms with Crippen LogP contribution in [0.3, 0.4) is 0 Å². The molecule has 1 aromatic heterocycles. The Morgan fingerprint density at radius 2 is 2.07 bits per heavy atom. The fourth-order valence-electron chi connectivity index (χ4n) is 1.59. The molecule has 1 aromatic rings. The maximum absolute atomic E-state index is 11.2. The van der Waals surface area contributed by atoms with E-state index in [1.54, 1.807) is 0 Å². The van der Waals surface area contributed by atoms with Gasteiger partial charge in [0.05, 0.1) is 0 Å². The zero-order chi connectivity index (χ0) is 10.8. The highest BCUT2D eigenvalue weighted by Crippen LogP contribution is 2.22. The molecular weight excluding hydrogens is 234 g/mol. The summed E-state index contributed by atoms with van der Waals surface area (Å²) in [5.41, 5.74) is 0.895. The zero-order valence-corrected chi connectivity index (χ0v) is 10.0. The predicted molar refractivity (Wildman–Crippen MR) is 61.9 cm³/mol. The smallest absolute Gasteiger partial charge is 0.137 e. The summed E-state index contributed by atoms with van der Waals surface area (Å²) in [5, 5.41) is 0.492. The standard InChI is InChI=1S/C9H12ClN3OS/c1-7-8(10)11-6-12-9(7)13-2-4-15(14)5-3-13/h6H,2-5H2,1H3. The molecule has 2 heterocycles. The van der Waals surface area contributed by atoms with Crippen molar-refractivity contribution in [3.8, 4) is 0 Å². The lowest BCUT2D eigenvalue weighted by Crippen LogP contribution is -2.38. The van der Waals surface area contributed by atoms with Gasteiger partial charge in [-0.25, -0.2) is 9.97 Å². The molecule has 1 saturated heterocycles. The molecule has 1 fully saturated rings. The molecule has 0 N–H and O–H groups in total. The second-order valence-electron chi connectivity index (χ2n) is 3.45. The summed E-state index contributed by atoms with van der Waals surface area (Å²) >= 11 is 5.92. The van der Waals surface area contributed by atoms with E-state index in [2.05, 4.69) is 14.9 Å². The predicted octanol–water partition coefficient (Wildman–Crippen LogP) is 1.01. The molecule has 0 amide bonds. The minimum atomic E-state index is -0.665. The van der Waals surface area contributed by atoms with Gasteiger partial charge >= 0.3 is 0 Å². The molecular formula is C9H12ClN3OS. The topological polar surface area (TPSA) is 46.1 Å². The van der Waals surface area contributed by atoms with Crippen LogP contribution in [0.5, 0.6) is 0 Å². The van der Waals surface area contributed by atoms with Crippen LogP contribution in [-0.4, -0.2) is 38.8 Å². The lowest BCUT2D eigenvalue weighted by atomic mass is 10.3. The lowest BCUT2D eigenvalue weighted by Gasteiger charge is -2.28. The fraction of sp³-hybridized carbons (Fsp3) is 0.556. The Labute approximate surface area is 96.1 Å². The van der Waals surface area contributed by atoms with Gasteiger partial charge in [-0.2, -0.15) is 0 Å². The molecule has 0 aliphatic carbocycles. The van der Waals surface area contributed by atoms with Gasteiger partial charge in [0.2, 0.25) is 0 Å². The third kappa shape index (κ3) is 2.29. The number of nitrogens with zero attached hydrogens (tertiary/aromatic N) is 3. The second kappa shape index (κ2) is 4.45. The van der Waals surface area contributed by atoms with Crippen LogP contribution in [0.25, 0.3) is 0 Å². The number of halogens is 1. The van der Waals surface area contributed by atoms with Gasteiger partial charge in [-0.1, -0.05) is 11.6 Å². The first-order valence-electron chi connectivity index (χ1n) is 4.75. The summed E-state index contributed by atoms with van der Waals surface area (Å²) in [5.74, 6) is 2.29. The van der Waals surface area contributed by atoms with Gasteiger partial charge < -0.3 is 4.90 Å². The van der Waals surface area contributed by atoms with Gasteiger partial charge in [0.1, 0.15) is 17.3 Å². The van der Waals surface area contributed by atoms with Gasteiger partial charge in [0.15, 0.2) is 0 Å². The summed E-state index contributed by atoms with van der Waals surface area (Å²) in [6.45, 7) is 3.46. The molecule has 0 spiro atoms. The third-order valence-electron chi connectivity index (χ3n) is 2.47. The van der Waals surface area contributed by atoms with Crippen LogP contribution in [0.2, 0.25) is 5.15 Å². The van der Waals surface area contributed by atoms with Crippen molar-refractivity contribution in [1.82, 2.24) is 9.97 Å². The van der Waals surface area contributed by atoms with Crippen molar-refractivity contribution in [3.05, 3.63) is 17.0 Å². The minimum absolute atomic E-state index is 0.492. The van der Waals surface area contributed by atoms with Crippen molar-refractivity contribution >= 4 is 28.2 Å². The van der Waals surface area contributed by atoms with Crippen LogP contribution in [0, 0.1) is 6.92 Å². The Morgan fingerprint density at radius 1 is 1.40 bits per heavy atom. The summed E-state index contributed by atoms with van der Waals surface area (Å²) in [7, 11) is -0.665. The number of hydrogen-bond acceptors (Lipinski definition) is 4. The Morgan fingerprint density at radius 3 is 2.73 bits per heavy atom. The fourth-order valence-corrected chi connectivity index (χ4v) is 2.77. The lowest BCUT2D eigenvalue weighted by molar-refractivity contribution is 0.672. The molecule has 2 rings (SSSR count). The molecule has 15 heavy (non-hydrogen) atoms. The average Bonchev–Trinajstić information content (AvgIpc) is 2.24. The first-order valence-corrected chi connectivity index (χ1v) is 6.62. The highest BCUT2D eigenvalue weighted by atomic mass is 35.5. The summed E-state index contributed by atoms with van der Waals surface area (Å²) in [6.07, 6.45) is 1.47. The number of aromatic nitrogens is 2. The molecule has 0 radical (unpaired) electrons. The second-order valence-corrected chi connectivity index (χ2v) is 5.50. The molecule has 0 unspecified atom stereocenters. The van der Waals surface area contributed by atoms with Crippen LogP contribution in [0.4, 0.5) is 5.82 Å². The Hall–Kier alpha value is -0.680. The van der Waals surface area contributed by atoms with Crippen molar-refractivity contribution in [2.45, 2.75) is 6.92 Å². The van der Waals surface area contributed by atoms with E-state index in [-0.39, 0.29) is 0 Å². The van der Waals surface area contributed by atoms with Crippen LogP contribution >= 0.6 is 11.6 Å². The van der Waals surface area contributed by atoms with E-state index in [1.165, 1.54) is 6.33 Å². The minimum Gasteiger partial charge on any atom is -0.354 e. The van der Waals surface area contributed by atoms with Gasteiger partial charge in [0.25, 0.3) is 0 Å². The molecule has 0 aromatic carbocycles. The number of anilines is 1. The van der Waals surface area contributed by atoms with Gasteiger partial charge in [-0.05, 0) is 6.92 Å². The Bertz CT molecular complexity index is 389. The Kier molecular flexibility index (Phi) is 3.21. The van der Waals surface area contributed by atoms with Crippen molar-refractivity contribution < 1.29 is 4.21 Å². The molecule has 0 atom stereocenters. The average molecular weight is 246 g/mol. The normalized spacial score (nSPS) is 18.1. The quantitative estimate of drug-likeness (QED) is 0.693. The first-order chi connectivity index (χ1) is 7.18. The molecule has 82 valence electrons. The van der Waals surface area contributed by atoms with Crippen LogP contribution < -0.4 is 4.90 Å². The number of hydrogen-bond donors (Lipinski definition) is 0. The van der Waals surface area contributed by atoms with Gasteiger partial charge in [-0.15, -0.1) is 0 Å². The van der Waals surface area contributed by atoms with Crippen LogP contribution in [0.1, 0.15) is 5.56 Å². The molecule has 1 aliphatic rings. The van der Waals surface area contributed by atoms with E-state index in [0.717, 1.165) is 24.5 Å². The van der Waals surface area contributed by atoms with E-state index in [4.69, 9.17) is 11.6 Å². The van der Waals surface area contributed by atoms with E-state index in [0.29, 0.717) is 16.7 Å². The largest absolute Gasteiger partial charge is 0.354 e. The highest BCUT2D eigenvalue weighted by molar-refractivity contribution is 7.85. The van der Waals surface area contributed by atoms with Crippen molar-refractivity contribution in [2.75, 3.05) is 29.5 Å². The maximum atomic E-state index is 11.2. The van der Waals surface area contributed by atoms with E-state index in [1.807, 2.05) is 6.92 Å². The molecule has 4 nitrogen and oxygen atoms in total. The summed E-state index contributed by atoms with van der Waals surface area (Å²) in [4.78, 5) is 10.3. The first kappa shape index (κ1) is 10.8. The monoisotopic (exact) mass is 245 g/mol. The van der Waals surface area contributed by atoms with Crippen molar-refractivity contribution in [1.29, 1.82) is 0 Å². The summed E-state index contributed by atoms with van der Waals surface area (Å²) < 4.78 is 11.2. The van der Waals surface area contributed by atoms with Gasteiger partial charge in [-0.3, -0.25) is 4.21 Å². The van der Waals surface area contributed by atoms with E-state index >= 15 is 0 Å². The summed E-state index contributed by atoms with van der Waals surface area (Å²) in [6, 6.07) is 0.